The number of methoxy groups -OCH3 is 2. The van der Waals surface area contributed by atoms with Crippen LogP contribution in [0.5, 0.6) is 5.75 Å². The maximum atomic E-state index is 13.1. The lowest BCUT2D eigenvalue weighted by atomic mass is 9.71. The molecule has 0 radical (unpaired) electrons. The molecule has 1 spiro atoms. The molecule has 0 N–H and O–H groups in total. The highest BCUT2D eigenvalue weighted by Crippen LogP contribution is 2.63. The number of halogens is 1. The standard InChI is InChI=1S/C21H21ClO4/c1-24-17-9-5-15(6-10-17)21(19(23)25-2)13-20(11-12-20)26-18(21)14-3-7-16(22)8-4-14/h3-10,18H,11-13H2,1-2H3/t18-,21+/m0/s1. The SMILES string of the molecule is COC(=O)[C@@]1(c2ccc(OC)cc2)CC2(CC2)O[C@H]1c1ccc(Cl)cc1. The molecule has 4 nitrogen and oxygen atoms in total. The first-order valence-electron chi connectivity index (χ1n) is 8.69. The van der Waals surface area contributed by atoms with Gasteiger partial charge < -0.3 is 14.2 Å². The molecular formula is C21H21ClO4. The minimum absolute atomic E-state index is 0.238. The van der Waals surface area contributed by atoms with E-state index >= 15 is 0 Å². The summed E-state index contributed by atoms with van der Waals surface area (Å²) in [5.74, 6) is 0.475. The molecule has 2 atom stereocenters. The zero-order valence-electron chi connectivity index (χ0n) is 14.8. The van der Waals surface area contributed by atoms with Crippen molar-refractivity contribution in [2.75, 3.05) is 14.2 Å². The fraction of sp³-hybridized carbons (Fsp3) is 0.381. The summed E-state index contributed by atoms with van der Waals surface area (Å²) >= 11 is 6.05. The van der Waals surface area contributed by atoms with Gasteiger partial charge in [-0.2, -0.15) is 0 Å². The Bertz CT molecular complexity index is 811. The van der Waals surface area contributed by atoms with E-state index in [4.69, 9.17) is 25.8 Å². The lowest BCUT2D eigenvalue weighted by Crippen LogP contribution is -2.40. The fourth-order valence-electron chi connectivity index (χ4n) is 4.04. The van der Waals surface area contributed by atoms with Crippen molar-refractivity contribution in [3.05, 3.63) is 64.7 Å². The number of esters is 1. The summed E-state index contributed by atoms with van der Waals surface area (Å²) in [7, 11) is 3.06. The third-order valence-corrected chi connectivity index (χ3v) is 5.80. The van der Waals surface area contributed by atoms with Gasteiger partial charge in [0.1, 0.15) is 17.3 Å². The van der Waals surface area contributed by atoms with Gasteiger partial charge in [-0.05, 0) is 54.7 Å². The Morgan fingerprint density at radius 3 is 2.27 bits per heavy atom. The molecule has 0 unspecified atom stereocenters. The minimum atomic E-state index is -0.884. The van der Waals surface area contributed by atoms with E-state index in [1.807, 2.05) is 48.5 Å². The number of ether oxygens (including phenoxy) is 3. The maximum Gasteiger partial charge on any atom is 0.319 e. The van der Waals surface area contributed by atoms with Gasteiger partial charge in [0.2, 0.25) is 0 Å². The molecule has 0 bridgehead atoms. The smallest absolute Gasteiger partial charge is 0.319 e. The fourth-order valence-corrected chi connectivity index (χ4v) is 4.16. The zero-order valence-corrected chi connectivity index (χ0v) is 15.6. The van der Waals surface area contributed by atoms with Gasteiger partial charge >= 0.3 is 5.97 Å². The number of carbonyl (C=O) groups is 1. The number of rotatable bonds is 4. The Kier molecular flexibility index (Phi) is 4.20. The van der Waals surface area contributed by atoms with Crippen molar-refractivity contribution in [1.82, 2.24) is 0 Å². The van der Waals surface area contributed by atoms with E-state index in [0.29, 0.717) is 11.4 Å². The van der Waals surface area contributed by atoms with Crippen LogP contribution in [0.3, 0.4) is 0 Å². The largest absolute Gasteiger partial charge is 0.497 e. The minimum Gasteiger partial charge on any atom is -0.497 e. The van der Waals surface area contributed by atoms with Gasteiger partial charge in [-0.25, -0.2) is 0 Å². The third-order valence-electron chi connectivity index (χ3n) is 5.55. The molecule has 2 aromatic rings. The van der Waals surface area contributed by atoms with E-state index < -0.39 is 11.5 Å². The van der Waals surface area contributed by atoms with Crippen LogP contribution in [0.1, 0.15) is 36.5 Å². The molecule has 5 heteroatoms. The highest BCUT2D eigenvalue weighted by atomic mass is 35.5. The molecule has 1 heterocycles. The van der Waals surface area contributed by atoms with Crippen LogP contribution >= 0.6 is 11.6 Å². The average Bonchev–Trinajstić information content (AvgIpc) is 3.34. The molecule has 1 aliphatic heterocycles. The molecular weight excluding hydrogens is 352 g/mol. The monoisotopic (exact) mass is 372 g/mol. The van der Waals surface area contributed by atoms with Crippen LogP contribution < -0.4 is 4.74 Å². The third kappa shape index (κ3) is 2.68. The van der Waals surface area contributed by atoms with E-state index in [2.05, 4.69) is 0 Å². The maximum absolute atomic E-state index is 13.1. The van der Waals surface area contributed by atoms with Crippen molar-refractivity contribution in [1.29, 1.82) is 0 Å². The van der Waals surface area contributed by atoms with Gasteiger partial charge in [-0.15, -0.1) is 0 Å². The van der Waals surface area contributed by atoms with Gasteiger partial charge in [0.15, 0.2) is 0 Å². The van der Waals surface area contributed by atoms with Crippen LogP contribution in [0.4, 0.5) is 0 Å². The first kappa shape index (κ1) is 17.4. The molecule has 136 valence electrons. The molecule has 1 aliphatic carbocycles. The average molecular weight is 373 g/mol. The number of benzene rings is 2. The summed E-state index contributed by atoms with van der Waals surface area (Å²) < 4.78 is 17.0. The van der Waals surface area contributed by atoms with E-state index in [1.165, 1.54) is 7.11 Å². The van der Waals surface area contributed by atoms with E-state index in [0.717, 1.165) is 29.7 Å². The molecule has 1 saturated heterocycles. The zero-order chi connectivity index (χ0) is 18.4. The van der Waals surface area contributed by atoms with Crippen LogP contribution in [0.2, 0.25) is 5.02 Å². The quantitative estimate of drug-likeness (QED) is 0.743. The van der Waals surface area contributed by atoms with Crippen LogP contribution in [0.25, 0.3) is 0 Å². The van der Waals surface area contributed by atoms with Crippen molar-refractivity contribution in [3.63, 3.8) is 0 Å². The van der Waals surface area contributed by atoms with Crippen LogP contribution in [0.15, 0.2) is 48.5 Å². The molecule has 2 fully saturated rings. The van der Waals surface area contributed by atoms with Gasteiger partial charge in [-0.1, -0.05) is 35.9 Å². The summed E-state index contributed by atoms with van der Waals surface area (Å²) in [6, 6.07) is 15.1. The van der Waals surface area contributed by atoms with Crippen LogP contribution in [-0.2, 0) is 19.7 Å². The van der Waals surface area contributed by atoms with Crippen molar-refractivity contribution in [2.24, 2.45) is 0 Å². The molecule has 4 rings (SSSR count). The predicted molar refractivity (Wildman–Crippen MR) is 98.5 cm³/mol. The predicted octanol–water partition coefficient (Wildman–Crippen LogP) is 4.45. The van der Waals surface area contributed by atoms with Gasteiger partial charge in [0, 0.05) is 5.02 Å². The molecule has 26 heavy (non-hydrogen) atoms. The number of carbonyl (C=O) groups excluding carboxylic acids is 1. The summed E-state index contributed by atoms with van der Waals surface area (Å²) in [5, 5.41) is 0.654. The Morgan fingerprint density at radius 2 is 1.73 bits per heavy atom. The van der Waals surface area contributed by atoms with Crippen LogP contribution in [-0.4, -0.2) is 25.8 Å². The second kappa shape index (κ2) is 6.29. The molecule has 2 aromatic carbocycles. The first-order valence-corrected chi connectivity index (χ1v) is 9.07. The van der Waals surface area contributed by atoms with Gasteiger partial charge in [0.25, 0.3) is 0 Å². The van der Waals surface area contributed by atoms with E-state index in [9.17, 15) is 4.79 Å². The van der Waals surface area contributed by atoms with Crippen molar-refractivity contribution < 1.29 is 19.0 Å². The Labute approximate surface area is 158 Å². The summed E-state index contributed by atoms with van der Waals surface area (Å²) in [6.07, 6.45) is 2.13. The highest BCUT2D eigenvalue weighted by molar-refractivity contribution is 6.30. The normalized spacial score (nSPS) is 25.9. The number of hydrogen-bond donors (Lipinski definition) is 0. The Morgan fingerprint density at radius 1 is 1.08 bits per heavy atom. The van der Waals surface area contributed by atoms with Crippen molar-refractivity contribution >= 4 is 17.6 Å². The van der Waals surface area contributed by atoms with E-state index in [-0.39, 0.29) is 11.6 Å². The van der Waals surface area contributed by atoms with Crippen molar-refractivity contribution in [3.8, 4) is 5.75 Å². The summed E-state index contributed by atoms with van der Waals surface area (Å²) in [6.45, 7) is 0. The van der Waals surface area contributed by atoms with Gasteiger partial charge in [-0.3, -0.25) is 4.79 Å². The first-order chi connectivity index (χ1) is 12.5. The number of hydrogen-bond acceptors (Lipinski definition) is 4. The lowest BCUT2D eigenvalue weighted by Gasteiger charge is -2.32. The second-order valence-corrected chi connectivity index (χ2v) is 7.54. The lowest BCUT2D eigenvalue weighted by molar-refractivity contribution is -0.150. The molecule has 0 amide bonds. The second-order valence-electron chi connectivity index (χ2n) is 7.10. The molecule has 1 saturated carbocycles. The van der Waals surface area contributed by atoms with Crippen LogP contribution in [0, 0.1) is 0 Å². The molecule has 0 aromatic heterocycles. The van der Waals surface area contributed by atoms with Gasteiger partial charge in [0.05, 0.1) is 19.8 Å². The Hall–Kier alpha value is -2.04. The summed E-state index contributed by atoms with van der Waals surface area (Å²) in [5.41, 5.74) is 0.692. The van der Waals surface area contributed by atoms with Crippen molar-refractivity contribution in [2.45, 2.75) is 36.4 Å². The highest BCUT2D eigenvalue weighted by Gasteiger charge is 2.66. The summed E-state index contributed by atoms with van der Waals surface area (Å²) in [4.78, 5) is 13.1. The Balaban J connectivity index is 1.86. The topological polar surface area (TPSA) is 44.8 Å². The molecule has 2 aliphatic rings. The van der Waals surface area contributed by atoms with E-state index in [1.54, 1.807) is 7.11 Å².